The molecule has 0 spiro atoms. The van der Waals surface area contributed by atoms with E-state index in [9.17, 15) is 10.2 Å². The standard InChI is InChI=1S/C16H15NO3/c1-20-16-11-7-8-13(18)15(19)12(11)9-17-14(16)10-5-3-2-4-6-10/h2-8,17-19H,9H2,1H3. The highest BCUT2D eigenvalue weighted by molar-refractivity contribution is 5.90. The van der Waals surface area contributed by atoms with E-state index in [2.05, 4.69) is 5.32 Å². The van der Waals surface area contributed by atoms with E-state index in [0.717, 1.165) is 16.8 Å². The van der Waals surface area contributed by atoms with Gasteiger partial charge < -0.3 is 20.3 Å². The molecule has 4 nitrogen and oxygen atoms in total. The fourth-order valence-electron chi connectivity index (χ4n) is 2.46. The second-order valence-corrected chi connectivity index (χ2v) is 4.59. The first-order valence-electron chi connectivity index (χ1n) is 6.34. The van der Waals surface area contributed by atoms with Crippen LogP contribution in [0.1, 0.15) is 16.7 Å². The average Bonchev–Trinajstić information content (AvgIpc) is 2.50. The number of hydrogen-bond donors (Lipinski definition) is 3. The monoisotopic (exact) mass is 269 g/mol. The molecule has 0 radical (unpaired) electrons. The molecule has 3 N–H and O–H groups in total. The SMILES string of the molecule is COC1=C(c2ccccc2)NCc2c1ccc(O)c2O. The van der Waals surface area contributed by atoms with E-state index in [1.165, 1.54) is 6.07 Å². The molecular weight excluding hydrogens is 254 g/mol. The van der Waals surface area contributed by atoms with E-state index in [1.807, 2.05) is 30.3 Å². The molecule has 0 bridgehead atoms. The summed E-state index contributed by atoms with van der Waals surface area (Å²) in [5.74, 6) is 0.438. The van der Waals surface area contributed by atoms with Crippen LogP contribution in [0.5, 0.6) is 11.5 Å². The fourth-order valence-corrected chi connectivity index (χ4v) is 2.46. The van der Waals surface area contributed by atoms with E-state index in [0.29, 0.717) is 17.9 Å². The molecule has 0 atom stereocenters. The lowest BCUT2D eigenvalue weighted by Gasteiger charge is -2.25. The van der Waals surface area contributed by atoms with Gasteiger partial charge in [-0.25, -0.2) is 0 Å². The summed E-state index contributed by atoms with van der Waals surface area (Å²) >= 11 is 0. The van der Waals surface area contributed by atoms with Gasteiger partial charge in [-0.15, -0.1) is 0 Å². The third-order valence-corrected chi connectivity index (χ3v) is 3.44. The maximum Gasteiger partial charge on any atom is 0.163 e. The van der Waals surface area contributed by atoms with Gasteiger partial charge in [-0.2, -0.15) is 0 Å². The van der Waals surface area contributed by atoms with Crippen molar-refractivity contribution in [3.05, 3.63) is 59.2 Å². The number of benzene rings is 2. The van der Waals surface area contributed by atoms with Crippen LogP contribution >= 0.6 is 0 Å². The average molecular weight is 269 g/mol. The molecule has 2 aromatic carbocycles. The lowest BCUT2D eigenvalue weighted by atomic mass is 9.96. The van der Waals surface area contributed by atoms with Gasteiger partial charge in [-0.1, -0.05) is 30.3 Å². The Balaban J connectivity index is 2.20. The van der Waals surface area contributed by atoms with Crippen LogP contribution in [0, 0.1) is 0 Å². The summed E-state index contributed by atoms with van der Waals surface area (Å²) in [6, 6.07) is 13.1. The van der Waals surface area contributed by atoms with Gasteiger partial charge in [0.05, 0.1) is 12.8 Å². The number of phenols is 2. The first-order valence-corrected chi connectivity index (χ1v) is 6.34. The molecule has 0 unspecified atom stereocenters. The molecule has 4 heteroatoms. The molecule has 20 heavy (non-hydrogen) atoms. The zero-order valence-electron chi connectivity index (χ0n) is 11.1. The summed E-state index contributed by atoms with van der Waals surface area (Å²) in [5.41, 5.74) is 3.33. The van der Waals surface area contributed by atoms with Crippen molar-refractivity contribution in [2.24, 2.45) is 0 Å². The normalized spacial score (nSPS) is 13.7. The van der Waals surface area contributed by atoms with Crippen molar-refractivity contribution < 1.29 is 14.9 Å². The fraction of sp³-hybridized carbons (Fsp3) is 0.125. The molecule has 2 aromatic rings. The summed E-state index contributed by atoms with van der Waals surface area (Å²) in [6.45, 7) is 0.437. The summed E-state index contributed by atoms with van der Waals surface area (Å²) in [7, 11) is 1.60. The summed E-state index contributed by atoms with van der Waals surface area (Å²) in [5, 5.41) is 22.8. The Hall–Kier alpha value is -2.62. The first-order chi connectivity index (χ1) is 9.72. The second kappa shape index (κ2) is 4.81. The minimum absolute atomic E-state index is 0.100. The maximum absolute atomic E-state index is 9.95. The predicted molar refractivity (Wildman–Crippen MR) is 76.9 cm³/mol. The molecule has 1 aliphatic heterocycles. The van der Waals surface area contributed by atoms with Crippen LogP contribution in [-0.2, 0) is 11.3 Å². The van der Waals surface area contributed by atoms with E-state index in [-0.39, 0.29) is 11.5 Å². The van der Waals surface area contributed by atoms with Crippen LogP contribution in [-0.4, -0.2) is 17.3 Å². The third kappa shape index (κ3) is 1.86. The molecule has 102 valence electrons. The van der Waals surface area contributed by atoms with Crippen molar-refractivity contribution in [3.8, 4) is 11.5 Å². The van der Waals surface area contributed by atoms with Gasteiger partial charge in [0.25, 0.3) is 0 Å². The zero-order valence-corrected chi connectivity index (χ0v) is 11.1. The number of fused-ring (bicyclic) bond motifs is 1. The lowest BCUT2D eigenvalue weighted by Crippen LogP contribution is -2.20. The van der Waals surface area contributed by atoms with Gasteiger partial charge in [-0.05, 0) is 12.1 Å². The van der Waals surface area contributed by atoms with Crippen molar-refractivity contribution in [2.75, 3.05) is 7.11 Å². The van der Waals surface area contributed by atoms with Gasteiger partial charge in [-0.3, -0.25) is 0 Å². The topological polar surface area (TPSA) is 61.7 Å². The third-order valence-electron chi connectivity index (χ3n) is 3.44. The Morgan fingerprint density at radius 2 is 1.80 bits per heavy atom. The molecule has 1 heterocycles. The van der Waals surface area contributed by atoms with Gasteiger partial charge >= 0.3 is 0 Å². The molecular formula is C16H15NO3. The first kappa shape index (κ1) is 12.4. The molecule has 0 aromatic heterocycles. The van der Waals surface area contributed by atoms with Crippen molar-refractivity contribution in [1.29, 1.82) is 0 Å². The Kier molecular flexibility index (Phi) is 2.99. The molecule has 0 saturated carbocycles. The molecule has 0 saturated heterocycles. The van der Waals surface area contributed by atoms with Crippen molar-refractivity contribution in [1.82, 2.24) is 5.32 Å². The zero-order chi connectivity index (χ0) is 14.1. The quantitative estimate of drug-likeness (QED) is 0.733. The number of ether oxygens (including phenoxy) is 1. The number of aromatic hydroxyl groups is 2. The molecule has 0 aliphatic carbocycles. The molecule has 3 rings (SSSR count). The van der Waals surface area contributed by atoms with Gasteiger partial charge in [0.15, 0.2) is 11.5 Å². The smallest absolute Gasteiger partial charge is 0.163 e. The van der Waals surface area contributed by atoms with Gasteiger partial charge in [0.2, 0.25) is 0 Å². The van der Waals surface area contributed by atoms with Crippen LogP contribution < -0.4 is 5.32 Å². The Morgan fingerprint density at radius 3 is 2.50 bits per heavy atom. The highest BCUT2D eigenvalue weighted by Gasteiger charge is 2.24. The lowest BCUT2D eigenvalue weighted by molar-refractivity contribution is 0.364. The van der Waals surface area contributed by atoms with E-state index < -0.39 is 0 Å². The van der Waals surface area contributed by atoms with E-state index >= 15 is 0 Å². The number of rotatable bonds is 2. The molecule has 0 fully saturated rings. The van der Waals surface area contributed by atoms with Crippen LogP contribution in [0.2, 0.25) is 0 Å². The Labute approximate surface area is 117 Å². The minimum atomic E-state index is -0.121. The summed E-state index contributed by atoms with van der Waals surface area (Å²) < 4.78 is 5.50. The van der Waals surface area contributed by atoms with Crippen LogP contribution in [0.15, 0.2) is 42.5 Å². The predicted octanol–water partition coefficient (Wildman–Crippen LogP) is 2.67. The Morgan fingerprint density at radius 1 is 1.05 bits per heavy atom. The van der Waals surface area contributed by atoms with Gasteiger partial charge in [0.1, 0.15) is 5.76 Å². The van der Waals surface area contributed by atoms with Gasteiger partial charge in [0, 0.05) is 23.2 Å². The number of methoxy groups -OCH3 is 1. The Bertz CT molecular complexity index is 678. The maximum atomic E-state index is 9.95. The van der Waals surface area contributed by atoms with Crippen LogP contribution in [0.25, 0.3) is 11.5 Å². The number of phenolic OH excluding ortho intramolecular Hbond substituents is 2. The largest absolute Gasteiger partial charge is 0.504 e. The highest BCUT2D eigenvalue weighted by atomic mass is 16.5. The van der Waals surface area contributed by atoms with E-state index in [4.69, 9.17) is 4.74 Å². The van der Waals surface area contributed by atoms with Crippen molar-refractivity contribution >= 4 is 11.5 Å². The number of hydrogen-bond acceptors (Lipinski definition) is 4. The molecule has 1 aliphatic rings. The number of nitrogens with one attached hydrogen (secondary N) is 1. The van der Waals surface area contributed by atoms with Crippen molar-refractivity contribution in [3.63, 3.8) is 0 Å². The van der Waals surface area contributed by atoms with Crippen molar-refractivity contribution in [2.45, 2.75) is 6.54 Å². The summed E-state index contributed by atoms with van der Waals surface area (Å²) in [6.07, 6.45) is 0. The van der Waals surface area contributed by atoms with Crippen LogP contribution in [0.3, 0.4) is 0 Å². The minimum Gasteiger partial charge on any atom is -0.504 e. The second-order valence-electron chi connectivity index (χ2n) is 4.59. The van der Waals surface area contributed by atoms with Crippen LogP contribution in [0.4, 0.5) is 0 Å². The van der Waals surface area contributed by atoms with E-state index in [1.54, 1.807) is 13.2 Å². The summed E-state index contributed by atoms with van der Waals surface area (Å²) in [4.78, 5) is 0. The highest BCUT2D eigenvalue weighted by Crippen LogP contribution is 2.39. The molecule has 0 amide bonds.